The summed E-state index contributed by atoms with van der Waals surface area (Å²) in [5.74, 6) is -0.363. The van der Waals surface area contributed by atoms with Gasteiger partial charge in [-0.2, -0.15) is 0 Å². The number of benzene rings is 2. The molecule has 0 fully saturated rings. The Hall–Kier alpha value is -3.66. The second-order valence-electron chi connectivity index (χ2n) is 6.25. The minimum atomic E-state index is -0.182. The van der Waals surface area contributed by atoms with Crippen molar-refractivity contribution in [2.75, 3.05) is 0 Å². The molecule has 26 heavy (non-hydrogen) atoms. The molecular formula is C22H14N2O2. The third kappa shape index (κ3) is 2.02. The third-order valence-corrected chi connectivity index (χ3v) is 4.76. The van der Waals surface area contributed by atoms with Gasteiger partial charge in [0.05, 0.1) is 11.0 Å². The van der Waals surface area contributed by atoms with Crippen molar-refractivity contribution in [3.63, 3.8) is 0 Å². The number of hydrogen-bond acceptors (Lipinski definition) is 2. The maximum atomic E-state index is 12.8. The van der Waals surface area contributed by atoms with Crippen LogP contribution in [0.1, 0.15) is 0 Å². The summed E-state index contributed by atoms with van der Waals surface area (Å²) in [4.78, 5) is 25.6. The van der Waals surface area contributed by atoms with Crippen molar-refractivity contribution in [3.8, 4) is 0 Å². The smallest absolute Gasteiger partial charge is 0.205 e. The number of carbonyl (C=O) groups is 2. The van der Waals surface area contributed by atoms with Crippen molar-refractivity contribution >= 4 is 44.8 Å². The van der Waals surface area contributed by atoms with Crippen LogP contribution in [0.3, 0.4) is 0 Å². The van der Waals surface area contributed by atoms with Crippen molar-refractivity contribution in [1.82, 2.24) is 9.13 Å². The van der Waals surface area contributed by atoms with Gasteiger partial charge in [-0.1, -0.05) is 36.4 Å². The number of carbonyl (C=O) groups excluding carboxylic acids is 2. The monoisotopic (exact) mass is 338 g/mol. The normalized spacial score (nSPS) is 14.8. The molecule has 0 amide bonds. The number of allylic oxidation sites excluding steroid dienone is 4. The van der Waals surface area contributed by atoms with Crippen LogP contribution >= 0.6 is 0 Å². The molecular weight excluding hydrogens is 324 g/mol. The SMILES string of the molecule is O=C1C=CC(=O)C(n2ccc3ccccc32)=C1n1ccc2ccccc21. The first-order chi connectivity index (χ1) is 12.7. The lowest BCUT2D eigenvalue weighted by atomic mass is 10.0. The zero-order chi connectivity index (χ0) is 17.7. The minimum Gasteiger partial charge on any atom is -0.311 e. The molecule has 0 saturated carbocycles. The lowest BCUT2D eigenvalue weighted by Gasteiger charge is -2.18. The molecule has 0 saturated heterocycles. The number of fused-ring (bicyclic) bond motifs is 2. The maximum Gasteiger partial charge on any atom is 0.205 e. The lowest BCUT2D eigenvalue weighted by Crippen LogP contribution is -2.20. The van der Waals surface area contributed by atoms with E-state index in [1.807, 2.05) is 82.2 Å². The van der Waals surface area contributed by atoms with E-state index in [1.165, 1.54) is 12.2 Å². The van der Waals surface area contributed by atoms with Crippen LogP contribution in [-0.2, 0) is 9.59 Å². The Labute approximate surface area is 149 Å². The van der Waals surface area contributed by atoms with Crippen molar-refractivity contribution in [2.45, 2.75) is 0 Å². The Balaban J connectivity index is 1.87. The van der Waals surface area contributed by atoms with Crippen molar-refractivity contribution < 1.29 is 9.59 Å². The highest BCUT2D eigenvalue weighted by molar-refractivity contribution is 6.43. The summed E-state index contributed by atoms with van der Waals surface area (Å²) in [6, 6.07) is 19.5. The van der Waals surface area contributed by atoms with Crippen LogP contribution < -0.4 is 0 Å². The molecule has 1 aliphatic carbocycles. The first-order valence-corrected chi connectivity index (χ1v) is 8.38. The third-order valence-electron chi connectivity index (χ3n) is 4.76. The van der Waals surface area contributed by atoms with Crippen LogP contribution in [0.5, 0.6) is 0 Å². The van der Waals surface area contributed by atoms with Gasteiger partial charge in [0.1, 0.15) is 11.4 Å². The fraction of sp³-hybridized carbons (Fsp3) is 0. The number of nitrogens with zero attached hydrogens (tertiary/aromatic N) is 2. The van der Waals surface area contributed by atoms with E-state index in [9.17, 15) is 9.59 Å². The quantitative estimate of drug-likeness (QED) is 0.516. The van der Waals surface area contributed by atoms with Crippen LogP contribution in [0.4, 0.5) is 0 Å². The van der Waals surface area contributed by atoms with Gasteiger partial charge in [-0.15, -0.1) is 0 Å². The average Bonchev–Trinajstić information content (AvgIpc) is 3.28. The van der Waals surface area contributed by atoms with E-state index < -0.39 is 0 Å². The molecule has 2 aromatic carbocycles. The zero-order valence-electron chi connectivity index (χ0n) is 13.8. The van der Waals surface area contributed by atoms with Gasteiger partial charge in [-0.05, 0) is 47.2 Å². The Morgan fingerprint density at radius 2 is 0.962 bits per heavy atom. The Morgan fingerprint density at radius 1 is 0.538 bits per heavy atom. The Kier molecular flexibility index (Phi) is 3.06. The second-order valence-corrected chi connectivity index (χ2v) is 6.25. The van der Waals surface area contributed by atoms with Gasteiger partial charge in [-0.3, -0.25) is 9.59 Å². The van der Waals surface area contributed by atoms with Crippen LogP contribution in [0.2, 0.25) is 0 Å². The zero-order valence-corrected chi connectivity index (χ0v) is 13.8. The molecule has 4 heteroatoms. The molecule has 0 bridgehead atoms. The van der Waals surface area contributed by atoms with Crippen LogP contribution in [0.15, 0.2) is 85.2 Å². The fourth-order valence-corrected chi connectivity index (χ4v) is 3.56. The van der Waals surface area contributed by atoms with E-state index in [4.69, 9.17) is 0 Å². The number of para-hydroxylation sites is 2. The number of rotatable bonds is 2. The topological polar surface area (TPSA) is 44.0 Å². The fourth-order valence-electron chi connectivity index (χ4n) is 3.56. The molecule has 0 atom stereocenters. The van der Waals surface area contributed by atoms with E-state index in [0.29, 0.717) is 11.4 Å². The van der Waals surface area contributed by atoms with Gasteiger partial charge in [0.25, 0.3) is 0 Å². The summed E-state index contributed by atoms with van der Waals surface area (Å²) in [7, 11) is 0. The predicted molar refractivity (Wildman–Crippen MR) is 102 cm³/mol. The molecule has 2 heterocycles. The van der Waals surface area contributed by atoms with Gasteiger partial charge in [0.2, 0.25) is 11.6 Å². The highest BCUT2D eigenvalue weighted by Crippen LogP contribution is 2.30. The molecule has 4 aromatic rings. The van der Waals surface area contributed by atoms with Gasteiger partial charge in [-0.25, -0.2) is 0 Å². The van der Waals surface area contributed by atoms with Crippen molar-refractivity contribution in [2.24, 2.45) is 0 Å². The molecule has 0 aliphatic heterocycles. The first kappa shape index (κ1) is 14.7. The van der Waals surface area contributed by atoms with E-state index in [-0.39, 0.29) is 11.6 Å². The molecule has 5 rings (SSSR count). The van der Waals surface area contributed by atoms with E-state index in [2.05, 4.69) is 0 Å². The molecule has 1 aliphatic rings. The maximum absolute atomic E-state index is 12.8. The highest BCUT2D eigenvalue weighted by atomic mass is 16.1. The molecule has 0 radical (unpaired) electrons. The number of aromatic nitrogens is 2. The van der Waals surface area contributed by atoms with E-state index >= 15 is 0 Å². The van der Waals surface area contributed by atoms with Gasteiger partial charge in [0.15, 0.2) is 0 Å². The summed E-state index contributed by atoms with van der Waals surface area (Å²) >= 11 is 0. The van der Waals surface area contributed by atoms with Crippen LogP contribution in [0.25, 0.3) is 33.2 Å². The molecule has 0 spiro atoms. The first-order valence-electron chi connectivity index (χ1n) is 8.38. The number of ketones is 2. The summed E-state index contributed by atoms with van der Waals surface area (Å²) in [6.07, 6.45) is 6.38. The molecule has 0 N–H and O–H groups in total. The van der Waals surface area contributed by atoms with Crippen molar-refractivity contribution in [3.05, 3.63) is 85.2 Å². The average molecular weight is 338 g/mol. The summed E-state index contributed by atoms with van der Waals surface area (Å²) in [5, 5.41) is 2.04. The Bertz CT molecular complexity index is 1170. The van der Waals surface area contributed by atoms with Gasteiger partial charge < -0.3 is 9.13 Å². The minimum absolute atomic E-state index is 0.182. The largest absolute Gasteiger partial charge is 0.311 e. The summed E-state index contributed by atoms with van der Waals surface area (Å²) in [5.41, 5.74) is 2.54. The van der Waals surface area contributed by atoms with E-state index in [1.54, 1.807) is 0 Å². The summed E-state index contributed by atoms with van der Waals surface area (Å²) < 4.78 is 3.62. The van der Waals surface area contributed by atoms with Crippen LogP contribution in [-0.4, -0.2) is 20.7 Å². The highest BCUT2D eigenvalue weighted by Gasteiger charge is 2.27. The van der Waals surface area contributed by atoms with Crippen LogP contribution in [0, 0.1) is 0 Å². The van der Waals surface area contributed by atoms with Gasteiger partial charge >= 0.3 is 0 Å². The van der Waals surface area contributed by atoms with Gasteiger partial charge in [0, 0.05) is 12.4 Å². The predicted octanol–water partition coefficient (Wildman–Crippen LogP) is 4.13. The molecule has 124 valence electrons. The number of hydrogen-bond donors (Lipinski definition) is 0. The second kappa shape index (κ2) is 5.43. The molecule has 4 nitrogen and oxygen atoms in total. The van der Waals surface area contributed by atoms with Crippen molar-refractivity contribution in [1.29, 1.82) is 0 Å². The lowest BCUT2D eigenvalue weighted by molar-refractivity contribution is -0.113. The summed E-state index contributed by atoms with van der Waals surface area (Å²) in [6.45, 7) is 0. The Morgan fingerprint density at radius 3 is 1.42 bits per heavy atom. The standard InChI is InChI=1S/C22H14N2O2/c25-19-9-10-20(26)22(24-14-12-16-6-2-4-8-18(16)24)21(19)23-13-11-15-5-1-3-7-17(15)23/h1-14H. The molecule has 0 unspecified atom stereocenters. The van der Waals surface area contributed by atoms with E-state index in [0.717, 1.165) is 21.8 Å². The molecule has 2 aromatic heterocycles.